The van der Waals surface area contributed by atoms with Gasteiger partial charge >= 0.3 is 0 Å². The highest BCUT2D eigenvalue weighted by Crippen LogP contribution is 2.31. The largest absolute Gasteiger partial charge is 0.314 e. The number of nitrogens with zero attached hydrogens (tertiary/aromatic N) is 1. The Kier molecular flexibility index (Phi) is 7.06. The third-order valence-corrected chi connectivity index (χ3v) is 4.02. The third-order valence-electron chi connectivity index (χ3n) is 4.02. The summed E-state index contributed by atoms with van der Waals surface area (Å²) in [5.74, 6) is 1.03. The van der Waals surface area contributed by atoms with E-state index < -0.39 is 0 Å². The van der Waals surface area contributed by atoms with E-state index in [0.717, 1.165) is 18.5 Å². The van der Waals surface area contributed by atoms with E-state index in [-0.39, 0.29) is 0 Å². The molecule has 96 valence electrons. The van der Waals surface area contributed by atoms with Crippen molar-refractivity contribution in [1.82, 2.24) is 10.2 Å². The van der Waals surface area contributed by atoms with E-state index in [1.165, 1.54) is 51.7 Å². The summed E-state index contributed by atoms with van der Waals surface area (Å²) in [5.41, 5.74) is 0. The molecule has 1 atom stereocenters. The van der Waals surface area contributed by atoms with E-state index in [0.29, 0.717) is 0 Å². The molecule has 0 aromatic carbocycles. The smallest absolute Gasteiger partial charge is 0.00817 e. The Labute approximate surface area is 102 Å². The summed E-state index contributed by atoms with van der Waals surface area (Å²) < 4.78 is 0. The van der Waals surface area contributed by atoms with Crippen molar-refractivity contribution < 1.29 is 0 Å². The van der Waals surface area contributed by atoms with Crippen LogP contribution in [0.4, 0.5) is 0 Å². The zero-order chi connectivity index (χ0) is 11.8. The minimum atomic E-state index is 0.760. The van der Waals surface area contributed by atoms with E-state index in [1.54, 1.807) is 0 Å². The van der Waals surface area contributed by atoms with Crippen LogP contribution in [0.1, 0.15) is 52.9 Å². The molecular formula is C14H30N2. The highest BCUT2D eigenvalue weighted by Gasteiger charge is 2.21. The van der Waals surface area contributed by atoms with Crippen molar-refractivity contribution in [3.8, 4) is 0 Å². The zero-order valence-electron chi connectivity index (χ0n) is 11.5. The molecule has 0 saturated heterocycles. The lowest BCUT2D eigenvalue weighted by molar-refractivity contribution is 0.230. The SMILES string of the molecule is CCNC(CCN(CC)CC)CC1CCC1. The highest BCUT2D eigenvalue weighted by molar-refractivity contribution is 4.78. The van der Waals surface area contributed by atoms with Crippen LogP contribution in [0.25, 0.3) is 0 Å². The molecule has 0 aromatic rings. The predicted octanol–water partition coefficient (Wildman–Crippen LogP) is 2.89. The van der Waals surface area contributed by atoms with Crippen molar-refractivity contribution in [3.05, 3.63) is 0 Å². The van der Waals surface area contributed by atoms with Crippen LogP contribution in [0.3, 0.4) is 0 Å². The maximum atomic E-state index is 3.66. The Balaban J connectivity index is 2.20. The van der Waals surface area contributed by atoms with Crippen molar-refractivity contribution in [2.45, 2.75) is 58.9 Å². The molecule has 1 aliphatic carbocycles. The molecule has 1 saturated carbocycles. The lowest BCUT2D eigenvalue weighted by Gasteiger charge is -2.31. The quantitative estimate of drug-likeness (QED) is 0.650. The van der Waals surface area contributed by atoms with E-state index in [2.05, 4.69) is 31.0 Å². The fourth-order valence-corrected chi connectivity index (χ4v) is 2.60. The van der Waals surface area contributed by atoms with Crippen molar-refractivity contribution in [2.75, 3.05) is 26.2 Å². The normalized spacial score (nSPS) is 18.8. The predicted molar refractivity (Wildman–Crippen MR) is 71.8 cm³/mol. The van der Waals surface area contributed by atoms with Gasteiger partial charge in [-0.15, -0.1) is 0 Å². The second-order valence-electron chi connectivity index (χ2n) is 5.10. The van der Waals surface area contributed by atoms with Crippen LogP contribution in [0.2, 0.25) is 0 Å². The first kappa shape index (κ1) is 14.0. The van der Waals surface area contributed by atoms with Gasteiger partial charge in [-0.2, -0.15) is 0 Å². The lowest BCUT2D eigenvalue weighted by Crippen LogP contribution is -2.36. The molecule has 1 unspecified atom stereocenters. The maximum Gasteiger partial charge on any atom is 0.00817 e. The summed E-state index contributed by atoms with van der Waals surface area (Å²) in [5, 5.41) is 3.66. The second-order valence-corrected chi connectivity index (χ2v) is 5.10. The average molecular weight is 226 g/mol. The van der Waals surface area contributed by atoms with E-state index >= 15 is 0 Å². The van der Waals surface area contributed by atoms with Gasteiger partial charge in [-0.1, -0.05) is 40.0 Å². The molecule has 0 aliphatic heterocycles. The Bertz CT molecular complexity index is 162. The first-order chi connectivity index (χ1) is 7.80. The summed E-state index contributed by atoms with van der Waals surface area (Å²) >= 11 is 0. The first-order valence-corrected chi connectivity index (χ1v) is 7.25. The number of hydrogen-bond acceptors (Lipinski definition) is 2. The Hall–Kier alpha value is -0.0800. The molecule has 1 fully saturated rings. The van der Waals surface area contributed by atoms with Crippen LogP contribution >= 0.6 is 0 Å². The van der Waals surface area contributed by atoms with Gasteiger partial charge in [-0.05, 0) is 44.9 Å². The summed E-state index contributed by atoms with van der Waals surface area (Å²) in [7, 11) is 0. The highest BCUT2D eigenvalue weighted by atomic mass is 15.1. The van der Waals surface area contributed by atoms with Crippen molar-refractivity contribution in [2.24, 2.45) is 5.92 Å². The average Bonchev–Trinajstić information content (AvgIpc) is 2.24. The molecule has 0 radical (unpaired) electrons. The van der Waals surface area contributed by atoms with Crippen molar-refractivity contribution in [1.29, 1.82) is 0 Å². The van der Waals surface area contributed by atoms with Gasteiger partial charge in [0.25, 0.3) is 0 Å². The van der Waals surface area contributed by atoms with E-state index in [4.69, 9.17) is 0 Å². The molecule has 0 amide bonds. The minimum absolute atomic E-state index is 0.760. The second kappa shape index (κ2) is 8.08. The number of nitrogens with one attached hydrogen (secondary N) is 1. The Morgan fingerprint density at radius 1 is 1.19 bits per heavy atom. The van der Waals surface area contributed by atoms with Gasteiger partial charge in [-0.25, -0.2) is 0 Å². The van der Waals surface area contributed by atoms with E-state index in [9.17, 15) is 0 Å². The summed E-state index contributed by atoms with van der Waals surface area (Å²) in [6.45, 7) is 11.5. The molecule has 0 aromatic heterocycles. The first-order valence-electron chi connectivity index (χ1n) is 7.25. The minimum Gasteiger partial charge on any atom is -0.314 e. The van der Waals surface area contributed by atoms with Crippen LogP contribution in [-0.4, -0.2) is 37.1 Å². The molecule has 2 heteroatoms. The van der Waals surface area contributed by atoms with Gasteiger partial charge in [0.15, 0.2) is 0 Å². The maximum absolute atomic E-state index is 3.66. The molecule has 2 nitrogen and oxygen atoms in total. The molecule has 0 heterocycles. The molecule has 16 heavy (non-hydrogen) atoms. The topological polar surface area (TPSA) is 15.3 Å². The number of rotatable bonds is 9. The third kappa shape index (κ3) is 4.84. The van der Waals surface area contributed by atoms with Gasteiger partial charge in [0, 0.05) is 6.04 Å². The standard InChI is InChI=1S/C14H30N2/c1-4-15-14(12-13-8-7-9-13)10-11-16(5-2)6-3/h13-15H,4-12H2,1-3H3. The van der Waals surface area contributed by atoms with Gasteiger partial charge in [0.1, 0.15) is 0 Å². The van der Waals surface area contributed by atoms with Crippen molar-refractivity contribution >= 4 is 0 Å². The molecule has 1 rings (SSSR count). The summed E-state index contributed by atoms with van der Waals surface area (Å²) in [6, 6.07) is 0.760. The van der Waals surface area contributed by atoms with Crippen LogP contribution in [-0.2, 0) is 0 Å². The lowest BCUT2D eigenvalue weighted by atomic mass is 9.80. The van der Waals surface area contributed by atoms with Crippen LogP contribution in [0.5, 0.6) is 0 Å². The molecule has 1 N–H and O–H groups in total. The number of hydrogen-bond donors (Lipinski definition) is 1. The molecule has 1 aliphatic rings. The Morgan fingerprint density at radius 3 is 2.31 bits per heavy atom. The van der Waals surface area contributed by atoms with Gasteiger partial charge in [0.05, 0.1) is 0 Å². The fourth-order valence-electron chi connectivity index (χ4n) is 2.60. The van der Waals surface area contributed by atoms with Crippen LogP contribution in [0.15, 0.2) is 0 Å². The molecule has 0 spiro atoms. The van der Waals surface area contributed by atoms with E-state index in [1.807, 2.05) is 0 Å². The van der Waals surface area contributed by atoms with Crippen molar-refractivity contribution in [3.63, 3.8) is 0 Å². The van der Waals surface area contributed by atoms with Crippen LogP contribution < -0.4 is 5.32 Å². The summed E-state index contributed by atoms with van der Waals surface area (Å²) in [6.07, 6.45) is 7.17. The monoisotopic (exact) mass is 226 g/mol. The summed E-state index contributed by atoms with van der Waals surface area (Å²) in [4.78, 5) is 2.53. The fraction of sp³-hybridized carbons (Fsp3) is 1.00. The van der Waals surface area contributed by atoms with Gasteiger partial charge in [-0.3, -0.25) is 0 Å². The van der Waals surface area contributed by atoms with Crippen LogP contribution in [0, 0.1) is 5.92 Å². The van der Waals surface area contributed by atoms with Gasteiger partial charge in [0.2, 0.25) is 0 Å². The van der Waals surface area contributed by atoms with Gasteiger partial charge < -0.3 is 10.2 Å². The molecular weight excluding hydrogens is 196 g/mol. The molecule has 0 bridgehead atoms. The zero-order valence-corrected chi connectivity index (χ0v) is 11.5. The Morgan fingerprint density at radius 2 is 1.88 bits per heavy atom.